The van der Waals surface area contributed by atoms with E-state index in [0.717, 1.165) is 11.2 Å². The van der Waals surface area contributed by atoms with Gasteiger partial charge in [-0.2, -0.15) is 0 Å². The van der Waals surface area contributed by atoms with Crippen LogP contribution in [0.25, 0.3) is 0 Å². The highest BCUT2D eigenvalue weighted by Crippen LogP contribution is 2.03. The first-order valence-electron chi connectivity index (χ1n) is 7.54. The van der Waals surface area contributed by atoms with Crippen molar-refractivity contribution in [3.8, 4) is 0 Å². The molecule has 0 saturated carbocycles. The van der Waals surface area contributed by atoms with Crippen molar-refractivity contribution in [1.82, 2.24) is 10.2 Å². The van der Waals surface area contributed by atoms with E-state index in [-0.39, 0.29) is 30.7 Å². The van der Waals surface area contributed by atoms with Gasteiger partial charge in [0, 0.05) is 44.7 Å². The molecule has 23 heavy (non-hydrogen) atoms. The van der Waals surface area contributed by atoms with Crippen LogP contribution in [0, 0.1) is 0 Å². The number of nitrogens with one attached hydrogen (secondary N) is 1. The molecule has 0 aliphatic carbocycles. The van der Waals surface area contributed by atoms with E-state index in [1.54, 1.807) is 0 Å². The Kier molecular flexibility index (Phi) is 9.49. The fraction of sp³-hybridized carbons (Fsp3) is 0.600. The number of nitrogens with zero attached hydrogens (tertiary/aromatic N) is 1. The summed E-state index contributed by atoms with van der Waals surface area (Å²) < 4.78 is 10.4. The lowest BCUT2D eigenvalue weighted by Gasteiger charge is -2.13. The molecule has 8 heteroatoms. The molecular weight excluding hydrogens is 304 g/mol. The summed E-state index contributed by atoms with van der Waals surface area (Å²) in [7, 11) is 0. The number of carbonyl (C=O) groups is 4. The van der Waals surface area contributed by atoms with Crippen LogP contribution in [-0.2, 0) is 28.7 Å². The zero-order chi connectivity index (χ0) is 16.9. The summed E-state index contributed by atoms with van der Waals surface area (Å²) in [6.07, 6.45) is 4.32. The van der Waals surface area contributed by atoms with Crippen molar-refractivity contribution in [2.75, 3.05) is 39.5 Å². The Hall–Kier alpha value is -2.06. The highest BCUT2D eigenvalue weighted by Gasteiger charge is 2.23. The van der Waals surface area contributed by atoms with Crippen molar-refractivity contribution in [2.45, 2.75) is 19.3 Å². The second-order valence-electron chi connectivity index (χ2n) is 4.80. The summed E-state index contributed by atoms with van der Waals surface area (Å²) in [4.78, 5) is 45.2. The molecule has 0 aromatic heterocycles. The van der Waals surface area contributed by atoms with Crippen LogP contribution in [0.5, 0.6) is 0 Å². The average Bonchev–Trinajstić information content (AvgIpc) is 2.86. The van der Waals surface area contributed by atoms with Gasteiger partial charge in [-0.15, -0.1) is 0 Å². The standard InChI is InChI=1S/C15H22N2O6/c18-8-2-10-23-12-11-22-9-1-6-16-13(19)5-7-17-14(20)3-4-15(17)21/h3-4,8H,1-2,5-7,9-12H2,(H,16,19). The molecular formula is C15H22N2O6. The average molecular weight is 326 g/mol. The van der Waals surface area contributed by atoms with Gasteiger partial charge in [0.15, 0.2) is 0 Å². The van der Waals surface area contributed by atoms with Crippen molar-refractivity contribution in [1.29, 1.82) is 0 Å². The van der Waals surface area contributed by atoms with Crippen LogP contribution in [0.3, 0.4) is 0 Å². The Morgan fingerprint density at radius 2 is 1.74 bits per heavy atom. The zero-order valence-electron chi connectivity index (χ0n) is 13.0. The first-order chi connectivity index (χ1) is 11.1. The lowest BCUT2D eigenvalue weighted by molar-refractivity contribution is -0.137. The van der Waals surface area contributed by atoms with Gasteiger partial charge in [0.25, 0.3) is 11.8 Å². The molecule has 0 fully saturated rings. The summed E-state index contributed by atoms with van der Waals surface area (Å²) in [5.41, 5.74) is 0. The highest BCUT2D eigenvalue weighted by atomic mass is 16.5. The van der Waals surface area contributed by atoms with Gasteiger partial charge in [0.2, 0.25) is 5.91 Å². The van der Waals surface area contributed by atoms with Crippen LogP contribution >= 0.6 is 0 Å². The van der Waals surface area contributed by atoms with Crippen LogP contribution in [0.15, 0.2) is 12.2 Å². The molecule has 0 atom stereocenters. The number of imide groups is 1. The van der Waals surface area contributed by atoms with Crippen LogP contribution in [-0.4, -0.2) is 68.4 Å². The Morgan fingerprint density at radius 3 is 2.39 bits per heavy atom. The maximum atomic E-state index is 11.6. The smallest absolute Gasteiger partial charge is 0.253 e. The number of amides is 3. The molecule has 0 saturated heterocycles. The molecule has 0 bridgehead atoms. The second-order valence-corrected chi connectivity index (χ2v) is 4.80. The maximum absolute atomic E-state index is 11.6. The SMILES string of the molecule is O=CCCOCCOCCCNC(=O)CCN1C(=O)C=CC1=O. The molecule has 0 aromatic rings. The van der Waals surface area contributed by atoms with Gasteiger partial charge < -0.3 is 19.6 Å². The topological polar surface area (TPSA) is 102 Å². The van der Waals surface area contributed by atoms with E-state index in [2.05, 4.69) is 5.32 Å². The first-order valence-corrected chi connectivity index (χ1v) is 7.54. The lowest BCUT2D eigenvalue weighted by atomic mass is 10.3. The largest absolute Gasteiger partial charge is 0.379 e. The van der Waals surface area contributed by atoms with E-state index in [4.69, 9.17) is 9.47 Å². The third-order valence-electron chi connectivity index (χ3n) is 3.00. The molecule has 1 heterocycles. The number of hydrogen-bond donors (Lipinski definition) is 1. The van der Waals surface area contributed by atoms with Crippen LogP contribution < -0.4 is 5.32 Å². The van der Waals surface area contributed by atoms with E-state index in [1.807, 2.05) is 0 Å². The molecule has 0 spiro atoms. The second kappa shape index (κ2) is 11.5. The Bertz CT molecular complexity index is 431. The van der Waals surface area contributed by atoms with E-state index in [0.29, 0.717) is 45.8 Å². The fourth-order valence-corrected chi connectivity index (χ4v) is 1.81. The van der Waals surface area contributed by atoms with E-state index >= 15 is 0 Å². The summed E-state index contributed by atoms with van der Waals surface area (Å²) in [5, 5.41) is 2.70. The molecule has 1 rings (SSSR count). The quantitative estimate of drug-likeness (QED) is 0.276. The molecule has 128 valence electrons. The molecule has 3 amide bonds. The summed E-state index contributed by atoms with van der Waals surface area (Å²) >= 11 is 0. The molecule has 1 aliphatic heterocycles. The normalized spacial score (nSPS) is 13.7. The minimum atomic E-state index is -0.383. The number of ether oxygens (including phenoxy) is 2. The third kappa shape index (κ3) is 8.22. The molecule has 1 aliphatic rings. The Morgan fingerprint density at radius 1 is 1.09 bits per heavy atom. The zero-order valence-corrected chi connectivity index (χ0v) is 13.0. The van der Waals surface area contributed by atoms with Crippen molar-refractivity contribution >= 4 is 24.0 Å². The van der Waals surface area contributed by atoms with E-state index in [9.17, 15) is 19.2 Å². The molecule has 0 radical (unpaired) electrons. The molecule has 1 N–H and O–H groups in total. The monoisotopic (exact) mass is 326 g/mol. The van der Waals surface area contributed by atoms with Gasteiger partial charge in [0.05, 0.1) is 19.8 Å². The van der Waals surface area contributed by atoms with Crippen LogP contribution in [0.1, 0.15) is 19.3 Å². The van der Waals surface area contributed by atoms with Crippen LogP contribution in [0.4, 0.5) is 0 Å². The van der Waals surface area contributed by atoms with Gasteiger partial charge in [-0.25, -0.2) is 0 Å². The van der Waals surface area contributed by atoms with E-state index < -0.39 is 0 Å². The molecule has 0 aromatic carbocycles. The molecule has 0 unspecified atom stereocenters. The highest BCUT2D eigenvalue weighted by molar-refractivity contribution is 6.13. The minimum absolute atomic E-state index is 0.0879. The number of hydrogen-bond acceptors (Lipinski definition) is 6. The molecule has 8 nitrogen and oxygen atoms in total. The number of rotatable bonds is 13. The van der Waals surface area contributed by atoms with Crippen LogP contribution in [0.2, 0.25) is 0 Å². The third-order valence-corrected chi connectivity index (χ3v) is 3.00. The first kappa shape index (κ1) is 19.0. The van der Waals surface area contributed by atoms with Gasteiger partial charge in [0.1, 0.15) is 6.29 Å². The lowest BCUT2D eigenvalue weighted by Crippen LogP contribution is -2.35. The Balaban J connectivity index is 1.91. The number of carbonyl (C=O) groups excluding carboxylic acids is 4. The predicted molar refractivity (Wildman–Crippen MR) is 80.4 cm³/mol. The van der Waals surface area contributed by atoms with Gasteiger partial charge in [-0.05, 0) is 6.42 Å². The van der Waals surface area contributed by atoms with Crippen molar-refractivity contribution < 1.29 is 28.7 Å². The van der Waals surface area contributed by atoms with Crippen molar-refractivity contribution in [3.63, 3.8) is 0 Å². The van der Waals surface area contributed by atoms with Gasteiger partial charge in [-0.1, -0.05) is 0 Å². The summed E-state index contributed by atoms with van der Waals surface area (Å²) in [6.45, 7) is 2.33. The maximum Gasteiger partial charge on any atom is 0.253 e. The summed E-state index contributed by atoms with van der Waals surface area (Å²) in [5.74, 6) is -0.979. The van der Waals surface area contributed by atoms with Crippen molar-refractivity contribution in [3.05, 3.63) is 12.2 Å². The van der Waals surface area contributed by atoms with Gasteiger partial charge >= 0.3 is 0 Å². The van der Waals surface area contributed by atoms with Crippen molar-refractivity contribution in [2.24, 2.45) is 0 Å². The Labute approximate surface area is 134 Å². The van der Waals surface area contributed by atoms with E-state index in [1.165, 1.54) is 12.2 Å². The number of aldehydes is 1. The predicted octanol–water partition coefficient (Wildman–Crippen LogP) is -0.570. The fourth-order valence-electron chi connectivity index (χ4n) is 1.81. The van der Waals surface area contributed by atoms with Gasteiger partial charge in [-0.3, -0.25) is 19.3 Å². The minimum Gasteiger partial charge on any atom is -0.379 e. The summed E-state index contributed by atoms with van der Waals surface area (Å²) in [6, 6.07) is 0.